The first-order valence-corrected chi connectivity index (χ1v) is 9.85. The van der Waals surface area contributed by atoms with Crippen LogP contribution >= 0.6 is 15.9 Å². The van der Waals surface area contributed by atoms with Crippen molar-refractivity contribution in [3.63, 3.8) is 0 Å². The quantitative estimate of drug-likeness (QED) is 0.192. The number of halogens is 1. The van der Waals surface area contributed by atoms with Crippen molar-refractivity contribution in [3.05, 3.63) is 21.6 Å². The minimum Gasteiger partial charge on any atom is -0.469 e. The summed E-state index contributed by atoms with van der Waals surface area (Å²) in [6.07, 6.45) is -6.09. The number of primary amides is 1. The number of methoxy groups -OCH3 is 1. The molecule has 0 spiro atoms. The lowest BCUT2D eigenvalue weighted by Crippen LogP contribution is -2.62. The van der Waals surface area contributed by atoms with Gasteiger partial charge in [0.2, 0.25) is 0 Å². The zero-order chi connectivity index (χ0) is 22.5. The van der Waals surface area contributed by atoms with Crippen LogP contribution in [-0.2, 0) is 19.1 Å². The summed E-state index contributed by atoms with van der Waals surface area (Å²) in [5, 5.41) is 26.4. The maximum absolute atomic E-state index is 12.7. The minimum atomic E-state index is -1.49. The highest BCUT2D eigenvalue weighted by Crippen LogP contribution is 2.39. The molecule has 3 rings (SSSR count). The number of nitrogens with zero attached hydrogens (tertiary/aromatic N) is 1. The Hall–Kier alpha value is -2.35. The van der Waals surface area contributed by atoms with Crippen molar-refractivity contribution in [2.45, 2.75) is 51.0 Å². The second kappa shape index (κ2) is 7.72. The number of carbonyl (C=O) groups is 3. The molecule has 3 aliphatic heterocycles. The Balaban J connectivity index is 1.88. The van der Waals surface area contributed by atoms with Gasteiger partial charge in [-0.15, -0.1) is 0 Å². The van der Waals surface area contributed by atoms with Gasteiger partial charge in [-0.25, -0.2) is 4.79 Å². The van der Waals surface area contributed by atoms with Crippen LogP contribution in [0.2, 0.25) is 0 Å². The monoisotopic (exact) mass is 489 g/mol. The van der Waals surface area contributed by atoms with Crippen molar-refractivity contribution in [3.8, 4) is 0 Å². The summed E-state index contributed by atoms with van der Waals surface area (Å²) >= 11 is 3.19. The Morgan fingerprint density at radius 1 is 1.33 bits per heavy atom. The van der Waals surface area contributed by atoms with Gasteiger partial charge in [-0.2, -0.15) is 0 Å². The number of rotatable bonds is 5. The number of nitrogens with two attached hydrogens (primary N) is 2. The smallest absolute Gasteiger partial charge is 0.327 e. The zero-order valence-corrected chi connectivity index (χ0v) is 18.1. The van der Waals surface area contributed by atoms with Crippen LogP contribution in [0.3, 0.4) is 0 Å². The lowest BCUT2D eigenvalue weighted by molar-refractivity contribution is -0.154. The fourth-order valence-electron chi connectivity index (χ4n) is 3.87. The van der Waals surface area contributed by atoms with E-state index in [1.165, 1.54) is 7.11 Å². The van der Waals surface area contributed by atoms with E-state index in [4.69, 9.17) is 20.9 Å². The second-order valence-corrected chi connectivity index (χ2v) is 8.68. The fraction of sp³-hybridized carbons (Fsp3) is 0.588. The second-order valence-electron chi connectivity index (χ2n) is 7.89. The maximum Gasteiger partial charge on any atom is 0.327 e. The van der Waals surface area contributed by atoms with Gasteiger partial charge >= 0.3 is 12.0 Å². The molecule has 1 fully saturated rings. The number of ether oxygens (including phenoxy) is 2. The van der Waals surface area contributed by atoms with E-state index in [2.05, 4.69) is 26.6 Å². The molecule has 166 valence electrons. The van der Waals surface area contributed by atoms with Gasteiger partial charge in [0, 0.05) is 0 Å². The van der Waals surface area contributed by atoms with Gasteiger partial charge in [0.1, 0.15) is 24.2 Å². The van der Waals surface area contributed by atoms with Crippen LogP contribution in [0.15, 0.2) is 21.6 Å². The van der Waals surface area contributed by atoms with E-state index in [9.17, 15) is 24.6 Å². The van der Waals surface area contributed by atoms with E-state index in [1.54, 1.807) is 13.8 Å². The molecule has 3 amide bonds. The molecule has 12 nitrogen and oxygen atoms in total. The molecular formula is C17H24BrN5O7. The highest BCUT2D eigenvalue weighted by Gasteiger charge is 2.54. The lowest BCUT2D eigenvalue weighted by Gasteiger charge is -2.39. The molecule has 0 radical (unpaired) electrons. The van der Waals surface area contributed by atoms with Crippen LogP contribution in [-0.4, -0.2) is 70.8 Å². The highest BCUT2D eigenvalue weighted by molar-refractivity contribution is 9.11. The number of amides is 3. The topological polar surface area (TPSA) is 189 Å². The van der Waals surface area contributed by atoms with Crippen molar-refractivity contribution in [1.29, 1.82) is 0 Å². The van der Waals surface area contributed by atoms with E-state index >= 15 is 0 Å². The lowest BCUT2D eigenvalue weighted by atomic mass is 9.85. The van der Waals surface area contributed by atoms with Crippen molar-refractivity contribution in [2.24, 2.45) is 16.9 Å². The molecule has 5 atom stereocenters. The number of carbonyl (C=O) groups excluding carboxylic acids is 3. The molecule has 0 aliphatic carbocycles. The van der Waals surface area contributed by atoms with Gasteiger partial charge in [-0.3, -0.25) is 19.8 Å². The number of aliphatic hydroxyl groups is 2. The molecule has 0 aromatic carbocycles. The first kappa shape index (κ1) is 22.3. The summed E-state index contributed by atoms with van der Waals surface area (Å²) in [7, 11) is 1.25. The third kappa shape index (κ3) is 3.51. The summed E-state index contributed by atoms with van der Waals surface area (Å²) in [4.78, 5) is 37.6. The van der Waals surface area contributed by atoms with Gasteiger partial charge in [-0.05, 0) is 36.2 Å². The van der Waals surface area contributed by atoms with Crippen LogP contribution in [0.25, 0.3) is 0 Å². The van der Waals surface area contributed by atoms with Crippen LogP contribution in [0, 0.1) is 5.41 Å². The maximum atomic E-state index is 12.7. The van der Waals surface area contributed by atoms with Gasteiger partial charge in [0.05, 0.1) is 34.4 Å². The molecule has 0 aromatic rings. The molecule has 3 heterocycles. The predicted molar refractivity (Wildman–Crippen MR) is 105 cm³/mol. The summed E-state index contributed by atoms with van der Waals surface area (Å²) in [5.74, 6) is -1.37. The van der Waals surface area contributed by atoms with E-state index in [1.807, 2.05) is 0 Å². The molecule has 1 unspecified atom stereocenters. The third-order valence-electron chi connectivity index (χ3n) is 5.38. The first-order valence-electron chi connectivity index (χ1n) is 9.06. The molecule has 0 saturated carbocycles. The summed E-state index contributed by atoms with van der Waals surface area (Å²) < 4.78 is 10.8. The number of hydrogen-bond donors (Lipinski definition) is 6. The molecule has 8 N–H and O–H groups in total. The minimum absolute atomic E-state index is 0.0290. The van der Waals surface area contributed by atoms with Crippen molar-refractivity contribution >= 4 is 33.8 Å². The van der Waals surface area contributed by atoms with Crippen LogP contribution < -0.4 is 22.1 Å². The van der Waals surface area contributed by atoms with E-state index in [-0.39, 0.29) is 28.0 Å². The molecule has 3 aliphatic rings. The molecule has 1 saturated heterocycles. The van der Waals surface area contributed by atoms with Crippen LogP contribution in [0.1, 0.15) is 20.3 Å². The number of hydrogen-bond acceptors (Lipinski definition) is 9. The van der Waals surface area contributed by atoms with E-state index in [0.717, 1.165) is 4.90 Å². The SMILES string of the molecule is COC(=O)C(C)(C)C[C@@H]1O[C@H](N2C(=O)NC(N)=C3C(C(N)=O)=C(Br)NC32)[C@H](O)[C@H]1O. The molecular weight excluding hydrogens is 466 g/mol. The third-order valence-corrected chi connectivity index (χ3v) is 6.00. The molecule has 0 aromatic heterocycles. The molecule has 30 heavy (non-hydrogen) atoms. The summed E-state index contributed by atoms with van der Waals surface area (Å²) in [5.41, 5.74) is 10.6. The van der Waals surface area contributed by atoms with Gasteiger partial charge < -0.3 is 36.5 Å². The summed E-state index contributed by atoms with van der Waals surface area (Å²) in [6, 6.07) is -0.719. The number of aliphatic hydroxyl groups excluding tert-OH is 2. The Labute approximate surface area is 180 Å². The highest BCUT2D eigenvalue weighted by atomic mass is 79.9. The average Bonchev–Trinajstić information content (AvgIpc) is 3.13. The molecule has 13 heteroatoms. The predicted octanol–water partition coefficient (Wildman–Crippen LogP) is -1.76. The normalized spacial score (nSPS) is 31.5. The summed E-state index contributed by atoms with van der Waals surface area (Å²) in [6.45, 7) is 3.23. The van der Waals surface area contributed by atoms with Gasteiger partial charge in [0.15, 0.2) is 6.23 Å². The standard InChI is InChI=1S/C17H24BrN5O7/c1-17(2,15(27)29-3)4-5-8(24)9(25)14(30-5)23-13-7(11(19)22-16(23)28)6(12(20)26)10(18)21-13/h5,8-9,13-14,21,24-25H,4,19H2,1-3H3,(H2,20,26)(H,22,28)/t5-,8-,9+,13?,14-/m0/s1. The number of fused-ring (bicyclic) bond motifs is 1. The Morgan fingerprint density at radius 2 is 1.97 bits per heavy atom. The Bertz CT molecular complexity index is 857. The molecule has 0 bridgehead atoms. The number of esters is 1. The zero-order valence-electron chi connectivity index (χ0n) is 16.5. The van der Waals surface area contributed by atoms with Crippen molar-refractivity contribution < 1.29 is 34.1 Å². The van der Waals surface area contributed by atoms with E-state index < -0.39 is 54.0 Å². The van der Waals surface area contributed by atoms with Crippen LogP contribution in [0.5, 0.6) is 0 Å². The number of urea groups is 1. The van der Waals surface area contributed by atoms with Crippen molar-refractivity contribution in [2.75, 3.05) is 7.11 Å². The fourth-order valence-corrected chi connectivity index (χ4v) is 4.49. The largest absolute Gasteiger partial charge is 0.469 e. The Kier molecular flexibility index (Phi) is 5.75. The van der Waals surface area contributed by atoms with Gasteiger partial charge in [0.25, 0.3) is 5.91 Å². The van der Waals surface area contributed by atoms with Gasteiger partial charge in [-0.1, -0.05) is 0 Å². The van der Waals surface area contributed by atoms with E-state index in [0.29, 0.717) is 0 Å². The first-order chi connectivity index (χ1) is 13.9. The van der Waals surface area contributed by atoms with Crippen molar-refractivity contribution in [1.82, 2.24) is 15.5 Å². The number of nitrogens with one attached hydrogen (secondary N) is 2. The Morgan fingerprint density at radius 3 is 2.53 bits per heavy atom. The average molecular weight is 490 g/mol. The van der Waals surface area contributed by atoms with Crippen LogP contribution in [0.4, 0.5) is 4.79 Å².